The maximum absolute atomic E-state index is 11.7. The minimum atomic E-state index is -5.08. The molecule has 11 heteroatoms. The van der Waals surface area contributed by atoms with E-state index in [1.165, 1.54) is 31.1 Å². The Morgan fingerprint density at radius 1 is 1.32 bits per heavy atom. The summed E-state index contributed by atoms with van der Waals surface area (Å²) in [6, 6.07) is 7.50. The van der Waals surface area contributed by atoms with Crippen LogP contribution in [0.2, 0.25) is 0 Å². The second-order valence-corrected chi connectivity index (χ2v) is 5.59. The van der Waals surface area contributed by atoms with Crippen LogP contribution in [0, 0.1) is 0 Å². The summed E-state index contributed by atoms with van der Waals surface area (Å²) in [5.74, 6) is -3.32. The number of nitrogens with one attached hydrogen (secondary N) is 1. The molecule has 0 saturated heterocycles. The van der Waals surface area contributed by atoms with Crippen molar-refractivity contribution in [3.05, 3.63) is 34.8 Å². The molecular weight excluding hydrogens is 383 g/mol. The number of rotatable bonds is 8. The molecule has 2 N–H and O–H groups in total. The summed E-state index contributed by atoms with van der Waals surface area (Å²) in [5.41, 5.74) is 1.60. The van der Waals surface area contributed by atoms with Gasteiger partial charge in [-0.25, -0.2) is 9.59 Å². The number of ether oxygens (including phenoxy) is 1. The van der Waals surface area contributed by atoms with E-state index in [4.69, 9.17) is 19.1 Å². The number of aliphatic carboxylic acids is 1. The minimum absolute atomic E-state index is 0.0436. The number of hydrogen-bond donors (Lipinski definition) is 2. The molecule has 0 aliphatic heterocycles. The van der Waals surface area contributed by atoms with Crippen molar-refractivity contribution in [2.24, 2.45) is 0 Å². The van der Waals surface area contributed by atoms with Gasteiger partial charge in [0.2, 0.25) is 0 Å². The van der Waals surface area contributed by atoms with Gasteiger partial charge in [-0.2, -0.15) is 17.9 Å². The zero-order valence-electron chi connectivity index (χ0n) is 15.5. The highest BCUT2D eigenvalue weighted by Gasteiger charge is 2.38. The van der Waals surface area contributed by atoms with E-state index in [9.17, 15) is 18.0 Å². The van der Waals surface area contributed by atoms with Crippen LogP contribution in [0.15, 0.2) is 33.5 Å². The number of carbonyl (C=O) groups is 1. The number of carboxylic acid groups (broad SMARTS) is 1. The van der Waals surface area contributed by atoms with Crippen molar-refractivity contribution in [1.82, 2.24) is 9.78 Å². The Bertz CT molecular complexity index is 802. The van der Waals surface area contributed by atoms with Gasteiger partial charge in [-0.1, -0.05) is 37.4 Å². The van der Waals surface area contributed by atoms with Gasteiger partial charge < -0.3 is 19.6 Å². The number of nitrogens with zero attached hydrogens (tertiary/aromatic N) is 2. The van der Waals surface area contributed by atoms with Crippen LogP contribution < -0.4 is 15.8 Å². The summed E-state index contributed by atoms with van der Waals surface area (Å²) in [7, 11) is 1.41. The molecule has 28 heavy (non-hydrogen) atoms. The summed E-state index contributed by atoms with van der Waals surface area (Å²) >= 11 is 0. The summed E-state index contributed by atoms with van der Waals surface area (Å²) in [5, 5.41) is 14.4. The molecule has 1 heterocycles. The highest BCUT2D eigenvalue weighted by atomic mass is 19.4. The van der Waals surface area contributed by atoms with Crippen molar-refractivity contribution in [3.8, 4) is 11.8 Å². The first kappa shape index (κ1) is 23.1. The second kappa shape index (κ2) is 11.0. The third kappa shape index (κ3) is 7.72. The van der Waals surface area contributed by atoms with Gasteiger partial charge >= 0.3 is 24.0 Å². The molecule has 0 saturated carbocycles. The van der Waals surface area contributed by atoms with E-state index >= 15 is 0 Å². The Morgan fingerprint density at radius 3 is 2.54 bits per heavy atom. The lowest BCUT2D eigenvalue weighted by molar-refractivity contribution is -0.192. The number of hydrogen-bond acceptors (Lipinski definition) is 6. The number of carboxylic acids is 1. The third-order valence-corrected chi connectivity index (χ3v) is 3.40. The molecular formula is C17H22F3N3O5. The highest BCUT2D eigenvalue weighted by molar-refractivity contribution is 5.73. The first-order valence-corrected chi connectivity index (χ1v) is 8.47. The maximum atomic E-state index is 11.7. The number of halogens is 3. The Morgan fingerprint density at radius 2 is 2.00 bits per heavy atom. The predicted molar refractivity (Wildman–Crippen MR) is 95.0 cm³/mol. The van der Waals surface area contributed by atoms with Gasteiger partial charge in [0.1, 0.15) is 0 Å². The SMILES string of the molecule is CCCCCCNc1cccc(-n2nc(OC)oc2=O)c1.O=C(O)C(F)(F)F. The first-order valence-electron chi connectivity index (χ1n) is 8.47. The lowest BCUT2D eigenvalue weighted by Crippen LogP contribution is -2.21. The van der Waals surface area contributed by atoms with Crippen molar-refractivity contribution < 1.29 is 32.2 Å². The van der Waals surface area contributed by atoms with E-state index in [-0.39, 0.29) is 6.08 Å². The largest absolute Gasteiger partial charge is 0.490 e. The van der Waals surface area contributed by atoms with Crippen molar-refractivity contribution in [2.45, 2.75) is 38.8 Å². The fraction of sp³-hybridized carbons (Fsp3) is 0.471. The molecule has 0 radical (unpaired) electrons. The Labute approximate surface area is 158 Å². The lowest BCUT2D eigenvalue weighted by atomic mass is 10.2. The molecule has 0 fully saturated rings. The van der Waals surface area contributed by atoms with Crippen LogP contribution in [0.4, 0.5) is 18.9 Å². The summed E-state index contributed by atoms with van der Waals surface area (Å²) in [4.78, 5) is 20.6. The topological polar surface area (TPSA) is 107 Å². The lowest BCUT2D eigenvalue weighted by Gasteiger charge is -2.07. The number of methoxy groups -OCH3 is 1. The first-order chi connectivity index (χ1) is 13.2. The van der Waals surface area contributed by atoms with Gasteiger partial charge in [0.05, 0.1) is 12.8 Å². The van der Waals surface area contributed by atoms with Crippen LogP contribution in [0.1, 0.15) is 32.6 Å². The van der Waals surface area contributed by atoms with E-state index in [1.807, 2.05) is 18.2 Å². The molecule has 2 rings (SSSR count). The van der Waals surface area contributed by atoms with Gasteiger partial charge in [-0.15, -0.1) is 0 Å². The maximum Gasteiger partial charge on any atom is 0.490 e. The van der Waals surface area contributed by atoms with Gasteiger partial charge in [-0.3, -0.25) is 0 Å². The molecule has 156 valence electrons. The molecule has 1 aromatic carbocycles. The van der Waals surface area contributed by atoms with E-state index in [0.29, 0.717) is 5.69 Å². The number of benzene rings is 1. The molecule has 0 amide bonds. The molecule has 2 aromatic rings. The molecule has 8 nitrogen and oxygen atoms in total. The van der Waals surface area contributed by atoms with Crippen LogP contribution in [0.3, 0.4) is 0 Å². The van der Waals surface area contributed by atoms with Gasteiger partial charge in [-0.05, 0) is 24.6 Å². The number of anilines is 1. The van der Waals surface area contributed by atoms with Crippen molar-refractivity contribution in [3.63, 3.8) is 0 Å². The van der Waals surface area contributed by atoms with Crippen LogP contribution in [0.5, 0.6) is 6.08 Å². The molecule has 0 bridgehead atoms. The zero-order chi connectivity index (χ0) is 21.2. The number of aromatic nitrogens is 2. The second-order valence-electron chi connectivity index (χ2n) is 5.59. The summed E-state index contributed by atoms with van der Waals surface area (Å²) in [6.45, 7) is 3.11. The molecule has 1 aromatic heterocycles. The van der Waals surface area contributed by atoms with Crippen LogP contribution >= 0.6 is 0 Å². The fourth-order valence-electron chi connectivity index (χ4n) is 2.04. The predicted octanol–water partition coefficient (Wildman–Crippen LogP) is 3.46. The molecule has 0 unspecified atom stereocenters. The normalized spacial score (nSPS) is 10.8. The average molecular weight is 405 g/mol. The molecule has 0 aliphatic rings. The third-order valence-electron chi connectivity index (χ3n) is 3.40. The Hall–Kier alpha value is -2.98. The van der Waals surface area contributed by atoms with Crippen molar-refractivity contribution in [1.29, 1.82) is 0 Å². The number of alkyl halides is 3. The quantitative estimate of drug-likeness (QED) is 0.648. The smallest absolute Gasteiger partial charge is 0.475 e. The van der Waals surface area contributed by atoms with E-state index < -0.39 is 17.9 Å². The van der Waals surface area contributed by atoms with Crippen LogP contribution in [-0.2, 0) is 4.79 Å². The monoisotopic (exact) mass is 405 g/mol. The van der Waals surface area contributed by atoms with Gasteiger partial charge in [0, 0.05) is 12.2 Å². The van der Waals surface area contributed by atoms with E-state index in [2.05, 4.69) is 17.3 Å². The molecule has 0 atom stereocenters. The zero-order valence-corrected chi connectivity index (χ0v) is 15.5. The Balaban J connectivity index is 0.000000480. The average Bonchev–Trinajstić information content (AvgIpc) is 3.02. The van der Waals surface area contributed by atoms with Crippen molar-refractivity contribution in [2.75, 3.05) is 19.0 Å². The van der Waals surface area contributed by atoms with Crippen LogP contribution in [0.25, 0.3) is 5.69 Å². The minimum Gasteiger partial charge on any atom is -0.475 e. The molecule has 0 spiro atoms. The van der Waals surface area contributed by atoms with Gasteiger partial charge in [0.15, 0.2) is 0 Å². The van der Waals surface area contributed by atoms with Gasteiger partial charge in [0.25, 0.3) is 0 Å². The molecule has 0 aliphatic carbocycles. The van der Waals surface area contributed by atoms with Crippen LogP contribution in [-0.4, -0.2) is 40.7 Å². The van der Waals surface area contributed by atoms with Crippen molar-refractivity contribution >= 4 is 11.7 Å². The Kier molecular flexibility index (Phi) is 9.06. The summed E-state index contributed by atoms with van der Waals surface area (Å²) in [6.07, 6.45) is -0.279. The fourth-order valence-corrected chi connectivity index (χ4v) is 2.04. The van der Waals surface area contributed by atoms with E-state index in [0.717, 1.165) is 18.7 Å². The highest BCUT2D eigenvalue weighted by Crippen LogP contribution is 2.15. The summed E-state index contributed by atoms with van der Waals surface area (Å²) < 4.78 is 42.6. The standard InChI is InChI=1S/C15H21N3O3.C2HF3O2/c1-3-4-5-6-10-16-12-8-7-9-13(11-12)18-15(19)21-14(17-18)20-2;3-2(4,5)1(6)7/h7-9,11,16H,3-6,10H2,1-2H3;(H,6,7). The number of unbranched alkanes of at least 4 members (excludes halogenated alkanes) is 3. The van der Waals surface area contributed by atoms with E-state index in [1.54, 1.807) is 6.07 Å².